The van der Waals surface area contributed by atoms with E-state index >= 15 is 0 Å². The number of halogens is 2. The number of piperidine rings is 1. The summed E-state index contributed by atoms with van der Waals surface area (Å²) in [6.45, 7) is 5.92. The summed E-state index contributed by atoms with van der Waals surface area (Å²) in [5.41, 5.74) is 0.854. The number of hydrogen-bond acceptors (Lipinski definition) is 6. The summed E-state index contributed by atoms with van der Waals surface area (Å²) in [5, 5.41) is 8.64. The highest BCUT2D eigenvalue weighted by Crippen LogP contribution is 2.24. The Morgan fingerprint density at radius 2 is 1.89 bits per heavy atom. The summed E-state index contributed by atoms with van der Waals surface area (Å²) in [6.07, 6.45) is 5.10. The molecule has 0 aromatic carbocycles. The Bertz CT molecular complexity index is 783. The molecule has 1 atom stereocenters. The molecular formula is C17H27Cl2N7O. The topological polar surface area (TPSA) is 79.2 Å². The molecule has 0 spiro atoms. The van der Waals surface area contributed by atoms with Crippen molar-refractivity contribution in [3.8, 4) is 0 Å². The van der Waals surface area contributed by atoms with E-state index in [9.17, 15) is 4.79 Å². The van der Waals surface area contributed by atoms with E-state index in [4.69, 9.17) is 0 Å². The molecular weight excluding hydrogens is 389 g/mol. The summed E-state index contributed by atoms with van der Waals surface area (Å²) in [6, 6.07) is 0.00613. The van der Waals surface area contributed by atoms with E-state index < -0.39 is 0 Å². The van der Waals surface area contributed by atoms with Crippen LogP contribution < -0.4 is 10.2 Å². The van der Waals surface area contributed by atoms with Crippen molar-refractivity contribution >= 4 is 47.6 Å². The number of carbonyl (C=O) groups is 1. The number of nitrogens with one attached hydrogen (secondary N) is 1. The fourth-order valence-corrected chi connectivity index (χ4v) is 3.78. The van der Waals surface area contributed by atoms with Gasteiger partial charge in [0.25, 0.3) is 0 Å². The minimum absolute atomic E-state index is 0. The zero-order chi connectivity index (χ0) is 17.4. The van der Waals surface area contributed by atoms with Gasteiger partial charge in [-0.1, -0.05) is 6.42 Å². The maximum atomic E-state index is 12.7. The van der Waals surface area contributed by atoms with E-state index in [-0.39, 0.29) is 36.8 Å². The second-order valence-electron chi connectivity index (χ2n) is 6.91. The molecule has 4 heterocycles. The summed E-state index contributed by atoms with van der Waals surface area (Å²) < 4.78 is 1.78. The highest BCUT2D eigenvalue weighted by atomic mass is 35.5. The second kappa shape index (κ2) is 9.03. The fourth-order valence-electron chi connectivity index (χ4n) is 3.78. The van der Waals surface area contributed by atoms with Gasteiger partial charge in [-0.25, -0.2) is 9.97 Å². The van der Waals surface area contributed by atoms with Crippen LogP contribution in [-0.4, -0.2) is 69.3 Å². The highest BCUT2D eigenvalue weighted by molar-refractivity contribution is 5.87. The molecule has 10 heteroatoms. The summed E-state index contributed by atoms with van der Waals surface area (Å²) >= 11 is 0. The molecule has 8 nitrogen and oxygen atoms in total. The van der Waals surface area contributed by atoms with Crippen molar-refractivity contribution in [1.82, 2.24) is 30.0 Å². The number of amides is 1. The molecule has 0 saturated carbocycles. The maximum absolute atomic E-state index is 12.7. The quantitative estimate of drug-likeness (QED) is 0.796. The van der Waals surface area contributed by atoms with Crippen LogP contribution in [0.25, 0.3) is 11.0 Å². The van der Waals surface area contributed by atoms with E-state index in [0.29, 0.717) is 0 Å². The van der Waals surface area contributed by atoms with Gasteiger partial charge in [0.05, 0.1) is 17.6 Å². The van der Waals surface area contributed by atoms with Crippen molar-refractivity contribution in [3.05, 3.63) is 12.0 Å². The molecule has 0 aliphatic carbocycles. The van der Waals surface area contributed by atoms with Gasteiger partial charge in [-0.3, -0.25) is 9.48 Å². The number of fused-ring (bicyclic) bond motifs is 1. The molecule has 2 fully saturated rings. The first-order valence-corrected chi connectivity index (χ1v) is 9.07. The molecule has 0 unspecified atom stereocenters. The van der Waals surface area contributed by atoms with Gasteiger partial charge in [0, 0.05) is 33.2 Å². The third-order valence-corrected chi connectivity index (χ3v) is 5.18. The monoisotopic (exact) mass is 415 g/mol. The zero-order valence-electron chi connectivity index (χ0n) is 15.7. The lowest BCUT2D eigenvalue weighted by atomic mass is 10.0. The van der Waals surface area contributed by atoms with E-state index in [0.717, 1.165) is 68.2 Å². The minimum atomic E-state index is 0. The zero-order valence-corrected chi connectivity index (χ0v) is 17.4. The van der Waals surface area contributed by atoms with Gasteiger partial charge in [0.15, 0.2) is 5.65 Å². The molecule has 2 aromatic rings. The first kappa shape index (κ1) is 21.7. The first-order valence-electron chi connectivity index (χ1n) is 9.07. The number of anilines is 1. The van der Waals surface area contributed by atoms with Crippen LogP contribution in [0.2, 0.25) is 0 Å². The normalized spacial score (nSPS) is 20.1. The van der Waals surface area contributed by atoms with E-state index in [1.165, 1.54) is 6.42 Å². The van der Waals surface area contributed by atoms with Crippen molar-refractivity contribution in [3.63, 3.8) is 0 Å². The Balaban J connectivity index is 0.00000131. The van der Waals surface area contributed by atoms with Gasteiger partial charge < -0.3 is 15.1 Å². The third kappa shape index (κ3) is 4.28. The van der Waals surface area contributed by atoms with Crippen molar-refractivity contribution in [2.75, 3.05) is 37.6 Å². The van der Waals surface area contributed by atoms with E-state index in [1.807, 2.05) is 25.1 Å². The lowest BCUT2D eigenvalue weighted by Gasteiger charge is -2.38. The molecule has 0 bridgehead atoms. The Kier molecular flexibility index (Phi) is 7.25. The van der Waals surface area contributed by atoms with Crippen LogP contribution in [0.4, 0.5) is 5.82 Å². The van der Waals surface area contributed by atoms with Crippen LogP contribution in [0, 0.1) is 6.92 Å². The largest absolute Gasteiger partial charge is 0.352 e. The molecule has 1 N–H and O–H groups in total. The number of nitrogens with zero attached hydrogens (tertiary/aromatic N) is 6. The smallest absolute Gasteiger partial charge is 0.239 e. The second-order valence-corrected chi connectivity index (χ2v) is 6.91. The molecule has 2 aliphatic heterocycles. The lowest BCUT2D eigenvalue weighted by Crippen LogP contribution is -2.55. The molecule has 2 aliphatic rings. The molecule has 0 radical (unpaired) electrons. The Hall–Kier alpha value is -1.64. The number of aromatic nitrogens is 4. The molecule has 1 amide bonds. The van der Waals surface area contributed by atoms with Crippen molar-refractivity contribution < 1.29 is 4.79 Å². The van der Waals surface area contributed by atoms with E-state index in [2.05, 4.69) is 25.3 Å². The Morgan fingerprint density at radius 3 is 2.56 bits per heavy atom. The van der Waals surface area contributed by atoms with Crippen LogP contribution in [0.3, 0.4) is 0 Å². The number of hydrogen-bond donors (Lipinski definition) is 1. The van der Waals surface area contributed by atoms with Crippen LogP contribution in [0.5, 0.6) is 0 Å². The average Bonchev–Trinajstić information content (AvgIpc) is 3.02. The van der Waals surface area contributed by atoms with Gasteiger partial charge in [0.2, 0.25) is 5.91 Å². The van der Waals surface area contributed by atoms with Gasteiger partial charge >= 0.3 is 0 Å². The summed E-state index contributed by atoms with van der Waals surface area (Å²) in [4.78, 5) is 26.0. The van der Waals surface area contributed by atoms with Crippen LogP contribution in [-0.2, 0) is 11.8 Å². The average molecular weight is 416 g/mol. The predicted molar refractivity (Wildman–Crippen MR) is 110 cm³/mol. The number of rotatable bonds is 2. The van der Waals surface area contributed by atoms with Crippen LogP contribution in [0.15, 0.2) is 6.20 Å². The number of carbonyl (C=O) groups excluding carboxylic acids is 1. The van der Waals surface area contributed by atoms with Gasteiger partial charge in [0.1, 0.15) is 11.6 Å². The lowest BCUT2D eigenvalue weighted by molar-refractivity contribution is -0.134. The van der Waals surface area contributed by atoms with Crippen molar-refractivity contribution in [1.29, 1.82) is 0 Å². The van der Waals surface area contributed by atoms with Gasteiger partial charge in [-0.05, 0) is 26.3 Å². The molecule has 150 valence electrons. The highest BCUT2D eigenvalue weighted by Gasteiger charge is 2.29. The molecule has 2 saturated heterocycles. The predicted octanol–water partition coefficient (Wildman–Crippen LogP) is 1.31. The van der Waals surface area contributed by atoms with Crippen molar-refractivity contribution in [2.24, 2.45) is 7.05 Å². The molecule has 27 heavy (non-hydrogen) atoms. The van der Waals surface area contributed by atoms with E-state index in [1.54, 1.807) is 4.68 Å². The molecule has 4 rings (SSSR count). The fraction of sp³-hybridized carbons (Fsp3) is 0.647. The first-order chi connectivity index (χ1) is 12.1. The summed E-state index contributed by atoms with van der Waals surface area (Å²) in [5.74, 6) is 1.93. The third-order valence-electron chi connectivity index (χ3n) is 5.18. The minimum Gasteiger partial charge on any atom is -0.352 e. The van der Waals surface area contributed by atoms with Crippen molar-refractivity contribution in [2.45, 2.75) is 32.2 Å². The standard InChI is InChI=1S/C17H25N7O.2ClH/c1-12-20-15-13(11-19-22(15)2)16(21-12)23-7-9-24(10-8-23)17(25)14-5-3-4-6-18-14;;/h11,14,18H,3-10H2,1-2H3;2*1H/t14-;;/m1../s1. The Labute approximate surface area is 171 Å². The van der Waals surface area contributed by atoms with Gasteiger partial charge in [-0.2, -0.15) is 5.10 Å². The molecule has 2 aromatic heterocycles. The maximum Gasteiger partial charge on any atom is 0.239 e. The number of aryl methyl sites for hydroxylation is 2. The SMILES string of the molecule is Cc1nc(N2CCN(C(=O)[C@H]3CCCCN3)CC2)c2cnn(C)c2n1.Cl.Cl. The van der Waals surface area contributed by atoms with Crippen LogP contribution in [0.1, 0.15) is 25.1 Å². The Morgan fingerprint density at radius 1 is 1.15 bits per heavy atom. The van der Waals surface area contributed by atoms with Crippen LogP contribution >= 0.6 is 24.8 Å². The number of piperazine rings is 1. The summed E-state index contributed by atoms with van der Waals surface area (Å²) in [7, 11) is 1.90. The van der Waals surface area contributed by atoms with Gasteiger partial charge in [-0.15, -0.1) is 24.8 Å².